The summed E-state index contributed by atoms with van der Waals surface area (Å²) in [6, 6.07) is 13.4. The van der Waals surface area contributed by atoms with Crippen LogP contribution in [-0.2, 0) is 6.54 Å². The van der Waals surface area contributed by atoms with E-state index in [1.165, 1.54) is 18.2 Å². The Kier molecular flexibility index (Phi) is 5.61. The van der Waals surface area contributed by atoms with Crippen molar-refractivity contribution in [3.8, 4) is 5.75 Å². The van der Waals surface area contributed by atoms with Crippen LogP contribution in [0.4, 0.5) is 14.7 Å². The Balaban J connectivity index is 1.64. The molecular weight excluding hydrogens is 406 g/mol. The molecule has 31 heavy (non-hydrogen) atoms. The van der Waals surface area contributed by atoms with E-state index in [9.17, 15) is 13.6 Å². The zero-order chi connectivity index (χ0) is 22.0. The zero-order valence-electron chi connectivity index (χ0n) is 16.9. The molecule has 2 heterocycles. The number of halogens is 2. The van der Waals surface area contributed by atoms with Gasteiger partial charge in [0, 0.05) is 19.0 Å². The van der Waals surface area contributed by atoms with Gasteiger partial charge in [-0.3, -0.25) is 4.79 Å². The molecule has 10 heteroatoms. The van der Waals surface area contributed by atoms with Gasteiger partial charge >= 0.3 is 6.61 Å². The van der Waals surface area contributed by atoms with Crippen molar-refractivity contribution in [2.75, 3.05) is 18.5 Å². The third kappa shape index (κ3) is 4.09. The van der Waals surface area contributed by atoms with Crippen LogP contribution in [0.2, 0.25) is 0 Å². The fraction of sp³-hybridized carbons (Fsp3) is 0.238. The number of carbonyl (C=O) groups is 1. The van der Waals surface area contributed by atoms with Gasteiger partial charge in [0.25, 0.3) is 5.91 Å². The lowest BCUT2D eigenvalue weighted by molar-refractivity contribution is -0.0501. The lowest BCUT2D eigenvalue weighted by atomic mass is 10.2. The first-order valence-electron chi connectivity index (χ1n) is 9.65. The van der Waals surface area contributed by atoms with E-state index < -0.39 is 12.5 Å². The van der Waals surface area contributed by atoms with Gasteiger partial charge in [0.2, 0.25) is 5.95 Å². The summed E-state index contributed by atoms with van der Waals surface area (Å²) < 4.78 is 31.3. The lowest BCUT2D eigenvalue weighted by Crippen LogP contribution is -2.24. The standard InChI is InChI=1S/C21H20F2N6O2/c1-3-28(2)21-25-15-10-6-4-8-13(15)18-26-17(27-29(18)21)12-24-19(30)14-9-5-7-11-16(14)31-20(22)23/h4-11,20H,3,12H2,1-2H3,(H,24,30). The van der Waals surface area contributed by atoms with Crippen molar-refractivity contribution >= 4 is 28.4 Å². The number of hydrogen-bond acceptors (Lipinski definition) is 6. The number of rotatable bonds is 7. The second-order valence-electron chi connectivity index (χ2n) is 6.76. The van der Waals surface area contributed by atoms with Crippen molar-refractivity contribution in [2.45, 2.75) is 20.1 Å². The normalized spacial score (nSPS) is 11.3. The molecule has 2 aromatic heterocycles. The van der Waals surface area contributed by atoms with Crippen molar-refractivity contribution in [2.24, 2.45) is 0 Å². The second-order valence-corrected chi connectivity index (χ2v) is 6.76. The fourth-order valence-electron chi connectivity index (χ4n) is 3.15. The number of aromatic nitrogens is 4. The number of para-hydroxylation sites is 2. The van der Waals surface area contributed by atoms with Gasteiger partial charge in [-0.15, -0.1) is 5.10 Å². The highest BCUT2D eigenvalue weighted by Gasteiger charge is 2.18. The molecular formula is C21H20F2N6O2. The van der Waals surface area contributed by atoms with Gasteiger partial charge in [-0.25, -0.2) is 9.97 Å². The van der Waals surface area contributed by atoms with E-state index in [-0.39, 0.29) is 17.9 Å². The van der Waals surface area contributed by atoms with E-state index in [1.807, 2.05) is 43.1 Å². The van der Waals surface area contributed by atoms with E-state index in [0.717, 1.165) is 10.9 Å². The summed E-state index contributed by atoms with van der Waals surface area (Å²) in [5, 5.41) is 8.00. The maximum Gasteiger partial charge on any atom is 0.387 e. The highest BCUT2D eigenvalue weighted by atomic mass is 19.3. The first-order chi connectivity index (χ1) is 15.0. The predicted molar refractivity (Wildman–Crippen MR) is 111 cm³/mol. The number of ether oxygens (including phenoxy) is 1. The molecule has 1 N–H and O–H groups in total. The minimum Gasteiger partial charge on any atom is -0.434 e. The summed E-state index contributed by atoms with van der Waals surface area (Å²) in [6.45, 7) is -0.302. The Morgan fingerprint density at radius 2 is 1.90 bits per heavy atom. The van der Waals surface area contributed by atoms with Gasteiger partial charge < -0.3 is 15.0 Å². The SMILES string of the molecule is CCN(C)c1nc2ccccc2c2nc(CNC(=O)c3ccccc3OC(F)F)nn12. The van der Waals surface area contributed by atoms with Gasteiger partial charge in [0.05, 0.1) is 17.6 Å². The topological polar surface area (TPSA) is 84.7 Å². The van der Waals surface area contributed by atoms with E-state index >= 15 is 0 Å². The van der Waals surface area contributed by atoms with E-state index in [4.69, 9.17) is 0 Å². The van der Waals surface area contributed by atoms with Crippen LogP contribution in [0, 0.1) is 0 Å². The molecule has 2 aromatic carbocycles. The average Bonchev–Trinajstić information content (AvgIpc) is 3.21. The third-order valence-electron chi connectivity index (χ3n) is 4.78. The molecule has 0 bridgehead atoms. The highest BCUT2D eigenvalue weighted by molar-refractivity contribution is 5.97. The molecule has 0 aliphatic rings. The van der Waals surface area contributed by atoms with Gasteiger partial charge in [0.1, 0.15) is 5.75 Å². The van der Waals surface area contributed by atoms with Gasteiger partial charge in [-0.1, -0.05) is 24.3 Å². The molecule has 4 rings (SSSR count). The molecule has 8 nitrogen and oxygen atoms in total. The quantitative estimate of drug-likeness (QED) is 0.488. The predicted octanol–water partition coefficient (Wildman–Crippen LogP) is 3.27. The van der Waals surface area contributed by atoms with E-state index in [0.29, 0.717) is 24.0 Å². The monoisotopic (exact) mass is 426 g/mol. The molecule has 0 atom stereocenters. The number of anilines is 1. The van der Waals surface area contributed by atoms with Crippen LogP contribution in [0.15, 0.2) is 48.5 Å². The first kappa shape index (κ1) is 20.5. The number of amides is 1. The van der Waals surface area contributed by atoms with E-state index in [1.54, 1.807) is 10.6 Å². The van der Waals surface area contributed by atoms with Crippen molar-refractivity contribution in [1.82, 2.24) is 24.9 Å². The maximum atomic E-state index is 12.6. The summed E-state index contributed by atoms with van der Waals surface area (Å²) in [5.74, 6) is 0.227. The minimum atomic E-state index is -3.02. The highest BCUT2D eigenvalue weighted by Crippen LogP contribution is 2.23. The smallest absolute Gasteiger partial charge is 0.387 e. The largest absolute Gasteiger partial charge is 0.434 e. The van der Waals surface area contributed by atoms with Crippen LogP contribution in [0.25, 0.3) is 16.6 Å². The molecule has 0 saturated carbocycles. The summed E-state index contributed by atoms with van der Waals surface area (Å²) in [4.78, 5) is 23.7. The summed E-state index contributed by atoms with van der Waals surface area (Å²) in [6.07, 6.45) is 0. The Labute approximate surface area is 176 Å². The average molecular weight is 426 g/mol. The maximum absolute atomic E-state index is 12.6. The van der Waals surface area contributed by atoms with Gasteiger partial charge in [0.15, 0.2) is 11.5 Å². The number of alkyl halides is 2. The third-order valence-corrected chi connectivity index (χ3v) is 4.78. The van der Waals surface area contributed by atoms with E-state index in [2.05, 4.69) is 25.1 Å². The Bertz CT molecular complexity index is 1240. The van der Waals surface area contributed by atoms with Crippen LogP contribution < -0.4 is 15.0 Å². The van der Waals surface area contributed by atoms with Crippen molar-refractivity contribution in [1.29, 1.82) is 0 Å². The second kappa shape index (κ2) is 8.50. The summed E-state index contributed by atoms with van der Waals surface area (Å²) in [5.41, 5.74) is 1.41. The van der Waals surface area contributed by atoms with Gasteiger partial charge in [-0.2, -0.15) is 13.3 Å². The minimum absolute atomic E-state index is 0.00471. The molecule has 0 aliphatic heterocycles. The molecule has 160 valence electrons. The zero-order valence-corrected chi connectivity index (χ0v) is 16.9. The van der Waals surface area contributed by atoms with Crippen molar-refractivity contribution in [3.05, 3.63) is 59.9 Å². The number of hydrogen-bond donors (Lipinski definition) is 1. The number of fused-ring (bicyclic) bond motifs is 3. The van der Waals surface area contributed by atoms with Crippen molar-refractivity contribution < 1.29 is 18.3 Å². The first-order valence-corrected chi connectivity index (χ1v) is 9.65. The molecule has 0 saturated heterocycles. The van der Waals surface area contributed by atoms with Crippen LogP contribution in [-0.4, -0.2) is 45.7 Å². The van der Waals surface area contributed by atoms with Crippen LogP contribution in [0.5, 0.6) is 5.75 Å². The Morgan fingerprint density at radius 1 is 1.16 bits per heavy atom. The Hall–Kier alpha value is -3.82. The Morgan fingerprint density at radius 3 is 2.68 bits per heavy atom. The fourth-order valence-corrected chi connectivity index (χ4v) is 3.15. The molecule has 0 spiro atoms. The molecule has 0 fully saturated rings. The van der Waals surface area contributed by atoms with Gasteiger partial charge in [-0.05, 0) is 31.2 Å². The number of nitrogens with one attached hydrogen (secondary N) is 1. The van der Waals surface area contributed by atoms with Crippen LogP contribution >= 0.6 is 0 Å². The summed E-state index contributed by atoms with van der Waals surface area (Å²) in [7, 11) is 1.90. The molecule has 0 aliphatic carbocycles. The molecule has 1 amide bonds. The van der Waals surface area contributed by atoms with Crippen LogP contribution in [0.1, 0.15) is 23.1 Å². The number of benzene rings is 2. The molecule has 0 unspecified atom stereocenters. The van der Waals surface area contributed by atoms with Crippen LogP contribution in [0.3, 0.4) is 0 Å². The number of nitrogens with zero attached hydrogens (tertiary/aromatic N) is 5. The molecule has 4 aromatic rings. The number of carbonyl (C=O) groups excluding carboxylic acids is 1. The van der Waals surface area contributed by atoms with Crippen molar-refractivity contribution in [3.63, 3.8) is 0 Å². The summed E-state index contributed by atoms with van der Waals surface area (Å²) >= 11 is 0. The molecule has 0 radical (unpaired) electrons. The lowest BCUT2D eigenvalue weighted by Gasteiger charge is -2.16.